The molecule has 4 rings (SSSR count). The summed E-state index contributed by atoms with van der Waals surface area (Å²) in [5.74, 6) is 0.915. The smallest absolute Gasteiger partial charge is 0.250 e. The van der Waals surface area contributed by atoms with E-state index < -0.39 is 5.91 Å². The Morgan fingerprint density at radius 3 is 2.89 bits per heavy atom. The number of nitrogens with zero attached hydrogens (tertiary/aromatic N) is 2. The van der Waals surface area contributed by atoms with Crippen molar-refractivity contribution in [3.63, 3.8) is 0 Å². The van der Waals surface area contributed by atoms with Crippen LogP contribution in [0, 0.1) is 12.8 Å². The third-order valence-electron chi connectivity index (χ3n) is 4.77. The predicted octanol–water partition coefficient (Wildman–Crippen LogP) is 4.66. The van der Waals surface area contributed by atoms with Crippen molar-refractivity contribution in [1.82, 2.24) is 9.55 Å². The molecule has 7 heteroatoms. The van der Waals surface area contributed by atoms with E-state index in [1.54, 1.807) is 6.07 Å². The Hall–Kier alpha value is -2.31. The van der Waals surface area contributed by atoms with Gasteiger partial charge in [0.2, 0.25) is 0 Å². The molecule has 0 atom stereocenters. The first-order valence-electron chi connectivity index (χ1n) is 8.85. The Morgan fingerprint density at radius 1 is 1.41 bits per heavy atom. The van der Waals surface area contributed by atoms with Crippen molar-refractivity contribution in [3.05, 3.63) is 57.0 Å². The summed E-state index contributed by atoms with van der Waals surface area (Å²) >= 11 is 7.65. The first-order valence-corrected chi connectivity index (χ1v) is 10.1. The van der Waals surface area contributed by atoms with Gasteiger partial charge in [-0.25, -0.2) is 4.98 Å². The van der Waals surface area contributed by atoms with Crippen LogP contribution < -0.4 is 10.5 Å². The van der Waals surface area contributed by atoms with E-state index in [2.05, 4.69) is 4.57 Å². The first kappa shape index (κ1) is 18.1. The fraction of sp³-hybridized carbons (Fsp3) is 0.300. The largest absolute Gasteiger partial charge is 0.485 e. The molecule has 0 saturated heterocycles. The summed E-state index contributed by atoms with van der Waals surface area (Å²) in [5, 5.41) is 3.42. The Bertz CT molecular complexity index is 991. The summed E-state index contributed by atoms with van der Waals surface area (Å²) < 4.78 is 7.95. The topological polar surface area (TPSA) is 70.1 Å². The summed E-state index contributed by atoms with van der Waals surface area (Å²) in [4.78, 5) is 16.5. The molecular formula is C20H20ClN3O2S. The Labute approximate surface area is 166 Å². The van der Waals surface area contributed by atoms with Gasteiger partial charge in [0.1, 0.15) is 17.4 Å². The third kappa shape index (κ3) is 3.87. The van der Waals surface area contributed by atoms with Crippen LogP contribution in [-0.4, -0.2) is 15.5 Å². The second kappa shape index (κ2) is 7.37. The number of carbonyl (C=O) groups is 1. The molecule has 2 N–H and O–H groups in total. The lowest BCUT2D eigenvalue weighted by atomic mass is 10.2. The van der Waals surface area contributed by atoms with E-state index in [0.717, 1.165) is 28.6 Å². The average molecular weight is 402 g/mol. The molecule has 1 aromatic carbocycles. The minimum atomic E-state index is -0.402. The van der Waals surface area contributed by atoms with Crippen molar-refractivity contribution < 1.29 is 9.53 Å². The molecule has 0 unspecified atom stereocenters. The number of para-hydroxylation sites is 1. The van der Waals surface area contributed by atoms with E-state index in [4.69, 9.17) is 27.1 Å². The van der Waals surface area contributed by atoms with Crippen LogP contribution in [0.25, 0.3) is 11.4 Å². The number of carbonyl (C=O) groups excluding carboxylic acids is 1. The predicted molar refractivity (Wildman–Crippen MR) is 107 cm³/mol. The summed E-state index contributed by atoms with van der Waals surface area (Å²) in [6.45, 7) is 3.19. The molecule has 140 valence electrons. The molecular weight excluding hydrogens is 382 g/mol. The minimum Gasteiger partial charge on any atom is -0.485 e. The second-order valence-corrected chi connectivity index (χ2v) is 8.14. The van der Waals surface area contributed by atoms with Gasteiger partial charge in [-0.3, -0.25) is 4.79 Å². The summed E-state index contributed by atoms with van der Waals surface area (Å²) in [5.41, 5.74) is 8.80. The van der Waals surface area contributed by atoms with Crippen LogP contribution in [0.5, 0.6) is 5.75 Å². The number of halogens is 1. The zero-order chi connectivity index (χ0) is 19.0. The van der Waals surface area contributed by atoms with Crippen LogP contribution in [0.1, 0.15) is 33.9 Å². The molecule has 1 fully saturated rings. The van der Waals surface area contributed by atoms with Crippen molar-refractivity contribution in [2.24, 2.45) is 11.7 Å². The zero-order valence-corrected chi connectivity index (χ0v) is 16.5. The van der Waals surface area contributed by atoms with Crippen molar-refractivity contribution in [2.45, 2.75) is 32.9 Å². The quantitative estimate of drug-likeness (QED) is 0.625. The number of amides is 1. The molecule has 1 amide bonds. The fourth-order valence-electron chi connectivity index (χ4n) is 3.10. The first-order chi connectivity index (χ1) is 13.0. The fourth-order valence-corrected chi connectivity index (χ4v) is 3.99. The SMILES string of the molecule is Cc1c(C(N)=O)cc(-c2csc(COc3ccccc3Cl)n2)n1CC1CC1. The van der Waals surface area contributed by atoms with Crippen LogP contribution in [0.15, 0.2) is 35.7 Å². The molecule has 0 radical (unpaired) electrons. The van der Waals surface area contributed by atoms with Gasteiger partial charge in [-0.2, -0.15) is 0 Å². The molecule has 5 nitrogen and oxygen atoms in total. The summed E-state index contributed by atoms with van der Waals surface area (Å²) in [7, 11) is 0. The van der Waals surface area contributed by atoms with Crippen molar-refractivity contribution in [3.8, 4) is 17.1 Å². The maximum atomic E-state index is 11.8. The van der Waals surface area contributed by atoms with Crippen LogP contribution >= 0.6 is 22.9 Å². The van der Waals surface area contributed by atoms with E-state index in [9.17, 15) is 4.79 Å². The summed E-state index contributed by atoms with van der Waals surface area (Å²) in [6.07, 6.45) is 2.47. The molecule has 27 heavy (non-hydrogen) atoms. The number of nitrogens with two attached hydrogens (primary N) is 1. The Morgan fingerprint density at radius 2 is 2.19 bits per heavy atom. The minimum absolute atomic E-state index is 0.347. The normalized spacial score (nSPS) is 13.7. The number of ether oxygens (including phenoxy) is 1. The van der Waals surface area contributed by atoms with Gasteiger partial charge < -0.3 is 15.0 Å². The van der Waals surface area contributed by atoms with Gasteiger partial charge in [-0.05, 0) is 43.9 Å². The highest BCUT2D eigenvalue weighted by atomic mass is 35.5. The number of benzene rings is 1. The highest BCUT2D eigenvalue weighted by Gasteiger charge is 2.26. The number of primary amides is 1. The molecule has 3 aromatic rings. The molecule has 1 saturated carbocycles. The standard InChI is InChI=1S/C20H20ClN3O2S/c1-12-14(20(22)25)8-17(24(12)9-13-6-7-13)16-11-27-19(23-16)10-26-18-5-3-2-4-15(18)21/h2-5,8,11,13H,6-7,9-10H2,1H3,(H2,22,25). The van der Waals surface area contributed by atoms with E-state index in [1.807, 2.05) is 36.6 Å². The Kier molecular flexibility index (Phi) is 4.93. The van der Waals surface area contributed by atoms with Gasteiger partial charge in [0.05, 0.1) is 22.0 Å². The zero-order valence-electron chi connectivity index (χ0n) is 14.9. The van der Waals surface area contributed by atoms with Gasteiger partial charge in [0.25, 0.3) is 5.91 Å². The van der Waals surface area contributed by atoms with Crippen molar-refractivity contribution >= 4 is 28.8 Å². The van der Waals surface area contributed by atoms with E-state index >= 15 is 0 Å². The monoisotopic (exact) mass is 401 g/mol. The average Bonchev–Trinajstić information content (AvgIpc) is 3.24. The molecule has 2 aromatic heterocycles. The lowest BCUT2D eigenvalue weighted by Gasteiger charge is -2.09. The molecule has 0 aliphatic heterocycles. The third-order valence-corrected chi connectivity index (χ3v) is 5.91. The van der Waals surface area contributed by atoms with Crippen LogP contribution in [0.4, 0.5) is 0 Å². The van der Waals surface area contributed by atoms with Crippen LogP contribution in [0.2, 0.25) is 5.02 Å². The maximum absolute atomic E-state index is 11.8. The van der Waals surface area contributed by atoms with Gasteiger partial charge in [-0.1, -0.05) is 23.7 Å². The van der Waals surface area contributed by atoms with E-state index in [0.29, 0.717) is 28.9 Å². The maximum Gasteiger partial charge on any atom is 0.250 e. The van der Waals surface area contributed by atoms with E-state index in [-0.39, 0.29) is 0 Å². The lowest BCUT2D eigenvalue weighted by Crippen LogP contribution is -2.12. The molecule has 0 spiro atoms. The molecule has 1 aliphatic carbocycles. The number of aromatic nitrogens is 2. The van der Waals surface area contributed by atoms with Crippen LogP contribution in [0.3, 0.4) is 0 Å². The van der Waals surface area contributed by atoms with Gasteiger partial charge >= 0.3 is 0 Å². The molecule has 1 aliphatic rings. The molecule has 0 bridgehead atoms. The number of thiazole rings is 1. The lowest BCUT2D eigenvalue weighted by molar-refractivity contribution is 0.0999. The second-order valence-electron chi connectivity index (χ2n) is 6.79. The van der Waals surface area contributed by atoms with E-state index in [1.165, 1.54) is 24.2 Å². The van der Waals surface area contributed by atoms with Gasteiger partial charge in [0.15, 0.2) is 0 Å². The number of rotatable bonds is 7. The van der Waals surface area contributed by atoms with Gasteiger partial charge in [-0.15, -0.1) is 11.3 Å². The number of hydrogen-bond acceptors (Lipinski definition) is 4. The van der Waals surface area contributed by atoms with Crippen LogP contribution in [-0.2, 0) is 13.2 Å². The molecule has 2 heterocycles. The summed E-state index contributed by atoms with van der Waals surface area (Å²) in [6, 6.07) is 9.23. The van der Waals surface area contributed by atoms with Gasteiger partial charge in [0, 0.05) is 17.6 Å². The Balaban J connectivity index is 1.58. The number of hydrogen-bond donors (Lipinski definition) is 1. The van der Waals surface area contributed by atoms with Crippen molar-refractivity contribution in [2.75, 3.05) is 0 Å². The highest BCUT2D eigenvalue weighted by Crippen LogP contribution is 2.35. The highest BCUT2D eigenvalue weighted by molar-refractivity contribution is 7.09. The van der Waals surface area contributed by atoms with Crippen molar-refractivity contribution in [1.29, 1.82) is 0 Å².